The second-order valence-corrected chi connectivity index (χ2v) is 14.1. The Hall–Kier alpha value is -7.36. The van der Waals surface area contributed by atoms with Crippen LogP contribution in [0.15, 0.2) is 211 Å². The van der Waals surface area contributed by atoms with Gasteiger partial charge in [0.15, 0.2) is 0 Å². The highest BCUT2D eigenvalue weighted by Crippen LogP contribution is 2.45. The number of furan rings is 1. The zero-order chi connectivity index (χ0) is 36.3. The van der Waals surface area contributed by atoms with Gasteiger partial charge in [0.2, 0.25) is 0 Å². The fourth-order valence-electron chi connectivity index (χ4n) is 8.43. The molecule has 0 aliphatic heterocycles. The Labute approximate surface area is 318 Å². The molecule has 0 saturated carbocycles. The Bertz CT molecular complexity index is 3180. The van der Waals surface area contributed by atoms with Gasteiger partial charge in [-0.05, 0) is 76.7 Å². The third kappa shape index (κ3) is 5.05. The molecule has 0 radical (unpaired) electrons. The summed E-state index contributed by atoms with van der Waals surface area (Å²) in [5.74, 6) is 0. The van der Waals surface area contributed by atoms with Crippen LogP contribution in [0.25, 0.3) is 82.5 Å². The minimum absolute atomic E-state index is 0.909. The van der Waals surface area contributed by atoms with Gasteiger partial charge >= 0.3 is 0 Å². The summed E-state index contributed by atoms with van der Waals surface area (Å²) in [5.41, 5.74) is 13.1. The van der Waals surface area contributed by atoms with Crippen molar-refractivity contribution in [3.05, 3.63) is 206 Å². The Morgan fingerprint density at radius 2 is 0.945 bits per heavy atom. The van der Waals surface area contributed by atoms with Crippen LogP contribution in [0.4, 0.5) is 17.1 Å². The van der Waals surface area contributed by atoms with E-state index in [9.17, 15) is 0 Å². The number of hydrogen-bond acceptors (Lipinski definition) is 2. The van der Waals surface area contributed by atoms with E-state index in [2.05, 4.69) is 216 Å². The lowest BCUT2D eigenvalue weighted by Gasteiger charge is -2.27. The lowest BCUT2D eigenvalue weighted by Crippen LogP contribution is -2.11. The van der Waals surface area contributed by atoms with Crippen LogP contribution in [0.1, 0.15) is 0 Å². The maximum atomic E-state index is 6.73. The van der Waals surface area contributed by atoms with E-state index in [1.807, 2.05) is 0 Å². The van der Waals surface area contributed by atoms with Crippen molar-refractivity contribution in [3.8, 4) is 27.9 Å². The van der Waals surface area contributed by atoms with E-state index >= 15 is 0 Å². The van der Waals surface area contributed by atoms with Crippen molar-refractivity contribution < 1.29 is 4.42 Å². The summed E-state index contributed by atoms with van der Waals surface area (Å²) in [7, 11) is 0. The molecule has 3 heteroatoms. The normalized spacial score (nSPS) is 11.6. The van der Waals surface area contributed by atoms with Crippen molar-refractivity contribution >= 4 is 71.6 Å². The molecular formula is C52H34N2O. The topological polar surface area (TPSA) is 21.3 Å². The van der Waals surface area contributed by atoms with Crippen LogP contribution in [0.2, 0.25) is 0 Å². The molecule has 0 spiro atoms. The zero-order valence-corrected chi connectivity index (χ0v) is 29.9. The number of para-hydroxylation sites is 4. The Balaban J connectivity index is 1.11. The first-order chi connectivity index (χ1) is 27.3. The monoisotopic (exact) mass is 702 g/mol. The highest BCUT2D eigenvalue weighted by Gasteiger charge is 2.22. The van der Waals surface area contributed by atoms with Crippen molar-refractivity contribution in [2.75, 3.05) is 4.90 Å². The Morgan fingerprint density at radius 1 is 0.364 bits per heavy atom. The second-order valence-electron chi connectivity index (χ2n) is 14.1. The summed E-state index contributed by atoms with van der Waals surface area (Å²) >= 11 is 0. The predicted molar refractivity (Wildman–Crippen MR) is 231 cm³/mol. The van der Waals surface area contributed by atoms with Crippen LogP contribution in [0.3, 0.4) is 0 Å². The van der Waals surface area contributed by atoms with Crippen molar-refractivity contribution in [3.63, 3.8) is 0 Å². The number of fused-ring (bicyclic) bond motifs is 8. The minimum atomic E-state index is 0.909. The molecule has 11 aromatic rings. The van der Waals surface area contributed by atoms with Gasteiger partial charge in [-0.1, -0.05) is 152 Å². The van der Waals surface area contributed by atoms with E-state index in [-0.39, 0.29) is 0 Å². The second kappa shape index (κ2) is 12.6. The van der Waals surface area contributed by atoms with Crippen LogP contribution in [-0.4, -0.2) is 4.57 Å². The van der Waals surface area contributed by atoms with Gasteiger partial charge in [0.05, 0.1) is 16.7 Å². The third-order valence-electron chi connectivity index (χ3n) is 11.0. The lowest BCUT2D eigenvalue weighted by atomic mass is 10.0. The molecule has 0 unspecified atom stereocenters. The van der Waals surface area contributed by atoms with Crippen LogP contribution < -0.4 is 4.90 Å². The van der Waals surface area contributed by atoms with Crippen LogP contribution in [0.5, 0.6) is 0 Å². The summed E-state index contributed by atoms with van der Waals surface area (Å²) in [6.07, 6.45) is 0. The number of benzene rings is 9. The number of nitrogens with zero attached hydrogens (tertiary/aromatic N) is 2. The first-order valence-electron chi connectivity index (χ1n) is 18.8. The molecule has 3 nitrogen and oxygen atoms in total. The zero-order valence-electron chi connectivity index (χ0n) is 29.9. The minimum Gasteiger partial charge on any atom is -0.455 e. The molecule has 258 valence electrons. The smallest absolute Gasteiger partial charge is 0.143 e. The molecule has 0 aliphatic carbocycles. The molecule has 2 aromatic heterocycles. The van der Waals surface area contributed by atoms with Gasteiger partial charge in [0.25, 0.3) is 0 Å². The highest BCUT2D eigenvalue weighted by atomic mass is 16.3. The Kier molecular flexibility index (Phi) is 7.17. The molecule has 0 amide bonds. The summed E-state index contributed by atoms with van der Waals surface area (Å²) in [6.45, 7) is 0. The fourth-order valence-corrected chi connectivity index (χ4v) is 8.43. The highest BCUT2D eigenvalue weighted by molar-refractivity contribution is 6.17. The predicted octanol–water partition coefficient (Wildman–Crippen LogP) is 14.6. The summed E-state index contributed by atoms with van der Waals surface area (Å²) < 4.78 is 9.14. The van der Waals surface area contributed by atoms with E-state index in [4.69, 9.17) is 4.42 Å². The molecule has 0 fully saturated rings. The molecule has 0 N–H and O–H groups in total. The van der Waals surface area contributed by atoms with Gasteiger partial charge in [0, 0.05) is 49.6 Å². The molecule has 0 bridgehead atoms. The molecule has 2 heterocycles. The number of anilines is 3. The maximum Gasteiger partial charge on any atom is 0.143 e. The third-order valence-corrected chi connectivity index (χ3v) is 11.0. The van der Waals surface area contributed by atoms with Crippen molar-refractivity contribution in [1.29, 1.82) is 0 Å². The SMILES string of the molecule is c1ccc(-c2ccc(N(c3ccc(-c4cccc5c4oc4c6ccccc6ccc54)cc3)c3cccc4c5ccccc5n(-c5ccccc5)c34)cc2)cc1. The standard InChI is InChI=1S/C52H34N2O/c1-3-13-35(14-4-1)36-25-30-40(31-26-36)53(49-24-12-21-45-44-19-9-10-23-48(44)54(50(45)49)39-16-5-2-6-17-39)41-32-27-38(28-33-41)43-20-11-22-46-47-34-29-37-15-7-8-18-42(37)52(47)55-51(43)46/h1-34H. The van der Waals surface area contributed by atoms with Crippen molar-refractivity contribution in [2.45, 2.75) is 0 Å². The number of aromatic nitrogens is 1. The molecule has 0 atom stereocenters. The first-order valence-corrected chi connectivity index (χ1v) is 18.8. The van der Waals surface area contributed by atoms with Crippen molar-refractivity contribution in [1.82, 2.24) is 4.57 Å². The van der Waals surface area contributed by atoms with E-state index < -0.39 is 0 Å². The van der Waals surface area contributed by atoms with Crippen LogP contribution >= 0.6 is 0 Å². The number of rotatable bonds is 6. The van der Waals surface area contributed by atoms with E-state index in [1.165, 1.54) is 32.8 Å². The molecule has 9 aromatic carbocycles. The van der Waals surface area contributed by atoms with Gasteiger partial charge < -0.3 is 13.9 Å². The van der Waals surface area contributed by atoms with E-state index in [1.54, 1.807) is 0 Å². The fraction of sp³-hybridized carbons (Fsp3) is 0. The summed E-state index contributed by atoms with van der Waals surface area (Å²) in [6, 6.07) is 73.8. The van der Waals surface area contributed by atoms with Gasteiger partial charge in [-0.3, -0.25) is 0 Å². The largest absolute Gasteiger partial charge is 0.455 e. The lowest BCUT2D eigenvalue weighted by molar-refractivity contribution is 0.674. The maximum absolute atomic E-state index is 6.73. The Morgan fingerprint density at radius 3 is 1.73 bits per heavy atom. The summed E-state index contributed by atoms with van der Waals surface area (Å²) in [5, 5.41) is 7.02. The molecule has 11 rings (SSSR count). The summed E-state index contributed by atoms with van der Waals surface area (Å²) in [4.78, 5) is 2.40. The van der Waals surface area contributed by atoms with Gasteiger partial charge in [-0.15, -0.1) is 0 Å². The average molecular weight is 703 g/mol. The van der Waals surface area contributed by atoms with Gasteiger partial charge in [0.1, 0.15) is 11.2 Å². The molecule has 0 aliphatic rings. The van der Waals surface area contributed by atoms with Crippen LogP contribution in [0, 0.1) is 0 Å². The van der Waals surface area contributed by atoms with Crippen molar-refractivity contribution in [2.24, 2.45) is 0 Å². The average Bonchev–Trinajstić information content (AvgIpc) is 3.82. The van der Waals surface area contributed by atoms with E-state index in [0.29, 0.717) is 0 Å². The molecule has 55 heavy (non-hydrogen) atoms. The quantitative estimate of drug-likeness (QED) is 0.172. The molecular weight excluding hydrogens is 669 g/mol. The van der Waals surface area contributed by atoms with Gasteiger partial charge in [-0.2, -0.15) is 0 Å². The van der Waals surface area contributed by atoms with Gasteiger partial charge in [-0.25, -0.2) is 0 Å². The van der Waals surface area contributed by atoms with Crippen LogP contribution in [-0.2, 0) is 0 Å². The first kappa shape index (κ1) is 31.2. The number of hydrogen-bond donors (Lipinski definition) is 0. The molecule has 0 saturated heterocycles. The van der Waals surface area contributed by atoms with E-state index in [0.717, 1.165) is 66.7 Å².